The fourth-order valence-corrected chi connectivity index (χ4v) is 2.87. The Kier molecular flexibility index (Phi) is 3.88. The average molecular weight is 270 g/mol. The predicted octanol–water partition coefficient (Wildman–Crippen LogP) is 3.64. The highest BCUT2D eigenvalue weighted by Gasteiger charge is 2.25. The maximum Gasteiger partial charge on any atom is 0.117 e. The van der Waals surface area contributed by atoms with Crippen LogP contribution in [0.2, 0.25) is 0 Å². The summed E-state index contributed by atoms with van der Waals surface area (Å²) in [4.78, 5) is 4.58. The number of hydrogen-bond acceptors (Lipinski definition) is 3. The van der Waals surface area contributed by atoms with Gasteiger partial charge in [-0.1, -0.05) is 19.9 Å². The number of hydrogen-bond donors (Lipinski definition) is 1. The van der Waals surface area contributed by atoms with Crippen molar-refractivity contribution in [3.05, 3.63) is 53.2 Å². The van der Waals surface area contributed by atoms with E-state index in [9.17, 15) is 0 Å². The van der Waals surface area contributed by atoms with Crippen molar-refractivity contribution in [2.75, 3.05) is 0 Å². The van der Waals surface area contributed by atoms with Crippen LogP contribution in [0.15, 0.2) is 34.9 Å². The van der Waals surface area contributed by atoms with E-state index in [2.05, 4.69) is 42.3 Å². The van der Waals surface area contributed by atoms with Gasteiger partial charge in [0.05, 0.1) is 18.2 Å². The van der Waals surface area contributed by atoms with Gasteiger partial charge in [-0.3, -0.25) is 4.98 Å². The van der Waals surface area contributed by atoms with Crippen LogP contribution in [0.4, 0.5) is 0 Å². The van der Waals surface area contributed by atoms with Crippen LogP contribution in [0.1, 0.15) is 55.4 Å². The molecule has 1 atom stereocenters. The normalized spacial score (nSPS) is 18.2. The third-order valence-corrected chi connectivity index (χ3v) is 3.91. The first-order valence-corrected chi connectivity index (χ1v) is 7.50. The Hall–Kier alpha value is -1.61. The lowest BCUT2D eigenvalue weighted by Gasteiger charge is -2.22. The molecule has 3 rings (SSSR count). The molecular weight excluding hydrogens is 248 g/mol. The van der Waals surface area contributed by atoms with Crippen LogP contribution in [-0.2, 0) is 13.0 Å². The average Bonchev–Trinajstić information content (AvgIpc) is 2.93. The van der Waals surface area contributed by atoms with Crippen molar-refractivity contribution >= 4 is 0 Å². The summed E-state index contributed by atoms with van der Waals surface area (Å²) in [5.41, 5.74) is 2.58. The first kappa shape index (κ1) is 13.4. The Morgan fingerprint density at radius 1 is 1.35 bits per heavy atom. The third-order valence-electron chi connectivity index (χ3n) is 3.91. The van der Waals surface area contributed by atoms with Crippen LogP contribution >= 0.6 is 0 Å². The highest BCUT2D eigenvalue weighted by Crippen LogP contribution is 2.35. The smallest absolute Gasteiger partial charge is 0.117 e. The highest BCUT2D eigenvalue weighted by atomic mass is 16.3. The van der Waals surface area contributed by atoms with E-state index in [4.69, 9.17) is 4.42 Å². The SMILES string of the molecule is CC(C)NCc1ccc(C2CCCc3cccnc32)o1. The van der Waals surface area contributed by atoms with Gasteiger partial charge in [-0.2, -0.15) is 0 Å². The van der Waals surface area contributed by atoms with E-state index in [0.29, 0.717) is 12.0 Å². The van der Waals surface area contributed by atoms with E-state index < -0.39 is 0 Å². The lowest BCUT2D eigenvalue weighted by atomic mass is 9.85. The Labute approximate surface area is 120 Å². The summed E-state index contributed by atoms with van der Waals surface area (Å²) >= 11 is 0. The molecule has 20 heavy (non-hydrogen) atoms. The Balaban J connectivity index is 1.80. The molecule has 0 saturated carbocycles. The fourth-order valence-electron chi connectivity index (χ4n) is 2.87. The lowest BCUT2D eigenvalue weighted by molar-refractivity contribution is 0.406. The molecule has 3 heteroatoms. The molecule has 0 aromatic carbocycles. The van der Waals surface area contributed by atoms with Gasteiger partial charge in [0.2, 0.25) is 0 Å². The summed E-state index contributed by atoms with van der Waals surface area (Å²) < 4.78 is 6.03. The highest BCUT2D eigenvalue weighted by molar-refractivity contribution is 5.32. The largest absolute Gasteiger partial charge is 0.464 e. The van der Waals surface area contributed by atoms with E-state index >= 15 is 0 Å². The molecule has 0 radical (unpaired) electrons. The molecule has 0 bridgehead atoms. The molecule has 2 aromatic rings. The molecule has 2 heterocycles. The molecule has 3 nitrogen and oxygen atoms in total. The summed E-state index contributed by atoms with van der Waals surface area (Å²) in [6.45, 7) is 5.08. The standard InChI is InChI=1S/C17H22N2O/c1-12(2)19-11-14-8-9-16(20-14)15-7-3-5-13-6-4-10-18-17(13)15/h4,6,8-10,12,15,19H,3,5,7,11H2,1-2H3. The number of aryl methyl sites for hydroxylation is 1. The summed E-state index contributed by atoms with van der Waals surface area (Å²) in [6, 6.07) is 8.90. The van der Waals surface area contributed by atoms with Gasteiger partial charge in [-0.25, -0.2) is 0 Å². The van der Waals surface area contributed by atoms with Crippen molar-refractivity contribution < 1.29 is 4.42 Å². The third kappa shape index (κ3) is 2.78. The second-order valence-electron chi connectivity index (χ2n) is 5.83. The summed E-state index contributed by atoms with van der Waals surface area (Å²) in [5.74, 6) is 2.40. The maximum atomic E-state index is 6.03. The van der Waals surface area contributed by atoms with Crippen molar-refractivity contribution in [1.82, 2.24) is 10.3 Å². The van der Waals surface area contributed by atoms with Crippen molar-refractivity contribution in [3.63, 3.8) is 0 Å². The first-order chi connectivity index (χ1) is 9.74. The maximum absolute atomic E-state index is 6.03. The number of nitrogens with zero attached hydrogens (tertiary/aromatic N) is 1. The van der Waals surface area contributed by atoms with Gasteiger partial charge >= 0.3 is 0 Å². The second-order valence-corrected chi connectivity index (χ2v) is 5.83. The van der Waals surface area contributed by atoms with Gasteiger partial charge in [-0.15, -0.1) is 0 Å². The monoisotopic (exact) mass is 270 g/mol. The van der Waals surface area contributed by atoms with Gasteiger partial charge in [0.1, 0.15) is 11.5 Å². The molecule has 0 amide bonds. The van der Waals surface area contributed by atoms with Crippen molar-refractivity contribution in [3.8, 4) is 0 Å². The minimum Gasteiger partial charge on any atom is -0.464 e. The van der Waals surface area contributed by atoms with Crippen LogP contribution < -0.4 is 5.32 Å². The molecule has 0 aliphatic heterocycles. The number of furan rings is 1. The van der Waals surface area contributed by atoms with Crippen LogP contribution in [0, 0.1) is 0 Å². The molecule has 0 fully saturated rings. The quantitative estimate of drug-likeness (QED) is 0.921. The van der Waals surface area contributed by atoms with Crippen LogP contribution in [0.25, 0.3) is 0 Å². The number of nitrogens with one attached hydrogen (secondary N) is 1. The summed E-state index contributed by atoms with van der Waals surface area (Å²) in [6.07, 6.45) is 5.38. The van der Waals surface area contributed by atoms with Gasteiger partial charge in [-0.05, 0) is 43.0 Å². The van der Waals surface area contributed by atoms with Crippen LogP contribution in [0.3, 0.4) is 0 Å². The molecule has 106 valence electrons. The molecule has 1 N–H and O–H groups in total. The summed E-state index contributed by atoms with van der Waals surface area (Å²) in [5, 5.41) is 3.39. The van der Waals surface area contributed by atoms with Gasteiger partial charge < -0.3 is 9.73 Å². The van der Waals surface area contributed by atoms with E-state index in [1.807, 2.05) is 12.3 Å². The Morgan fingerprint density at radius 3 is 3.10 bits per heavy atom. The molecule has 0 saturated heterocycles. The Morgan fingerprint density at radius 2 is 2.25 bits per heavy atom. The minimum atomic E-state index is 0.327. The fraction of sp³-hybridized carbons (Fsp3) is 0.471. The Bertz CT molecular complexity index is 574. The van der Waals surface area contributed by atoms with Crippen molar-refractivity contribution in [2.24, 2.45) is 0 Å². The number of rotatable bonds is 4. The molecule has 2 aromatic heterocycles. The molecule has 0 spiro atoms. The topological polar surface area (TPSA) is 38.1 Å². The minimum absolute atomic E-state index is 0.327. The molecule has 1 unspecified atom stereocenters. The molecule has 1 aliphatic rings. The zero-order valence-electron chi connectivity index (χ0n) is 12.2. The van der Waals surface area contributed by atoms with Crippen molar-refractivity contribution in [2.45, 2.75) is 51.6 Å². The van der Waals surface area contributed by atoms with Gasteiger partial charge in [0.15, 0.2) is 0 Å². The van der Waals surface area contributed by atoms with Gasteiger partial charge in [0.25, 0.3) is 0 Å². The summed E-state index contributed by atoms with van der Waals surface area (Å²) in [7, 11) is 0. The van der Waals surface area contributed by atoms with Crippen LogP contribution in [-0.4, -0.2) is 11.0 Å². The van der Waals surface area contributed by atoms with E-state index in [-0.39, 0.29) is 0 Å². The predicted molar refractivity (Wildman–Crippen MR) is 79.7 cm³/mol. The zero-order chi connectivity index (χ0) is 13.9. The van der Waals surface area contributed by atoms with Gasteiger partial charge in [0, 0.05) is 12.2 Å². The molecular formula is C17H22N2O. The van der Waals surface area contributed by atoms with Crippen LogP contribution in [0.5, 0.6) is 0 Å². The number of fused-ring (bicyclic) bond motifs is 1. The second kappa shape index (κ2) is 5.80. The van der Waals surface area contributed by atoms with E-state index in [0.717, 1.165) is 30.9 Å². The lowest BCUT2D eigenvalue weighted by Crippen LogP contribution is -2.21. The number of aromatic nitrogens is 1. The van der Waals surface area contributed by atoms with E-state index in [1.165, 1.54) is 17.7 Å². The number of pyridine rings is 1. The van der Waals surface area contributed by atoms with Crippen molar-refractivity contribution in [1.29, 1.82) is 0 Å². The first-order valence-electron chi connectivity index (χ1n) is 7.50. The zero-order valence-corrected chi connectivity index (χ0v) is 12.2. The molecule has 1 aliphatic carbocycles. The van der Waals surface area contributed by atoms with E-state index in [1.54, 1.807) is 0 Å².